The summed E-state index contributed by atoms with van der Waals surface area (Å²) in [4.78, 5) is 28.2. The zero-order valence-electron chi connectivity index (χ0n) is 15.1. The van der Waals surface area contributed by atoms with E-state index in [-0.39, 0.29) is 11.8 Å². The largest absolute Gasteiger partial charge is 0.383 e. The first-order valence-corrected chi connectivity index (χ1v) is 9.46. The molecule has 0 spiro atoms. The van der Waals surface area contributed by atoms with E-state index < -0.39 is 0 Å². The molecule has 0 aromatic heterocycles. The minimum Gasteiger partial charge on any atom is -0.383 e. The molecule has 0 unspecified atom stereocenters. The van der Waals surface area contributed by atoms with Crippen LogP contribution in [0.5, 0.6) is 0 Å². The van der Waals surface area contributed by atoms with Crippen molar-refractivity contribution in [2.24, 2.45) is 5.92 Å². The number of hydrogen-bond donors (Lipinski definition) is 1. The van der Waals surface area contributed by atoms with Gasteiger partial charge in [0.15, 0.2) is 0 Å². The molecule has 1 heterocycles. The van der Waals surface area contributed by atoms with Gasteiger partial charge < -0.3 is 19.9 Å². The van der Waals surface area contributed by atoms with Gasteiger partial charge in [0.1, 0.15) is 0 Å². The third-order valence-electron chi connectivity index (χ3n) is 5.24. The predicted molar refractivity (Wildman–Crippen MR) is 93.7 cm³/mol. The van der Waals surface area contributed by atoms with Crippen molar-refractivity contribution in [2.45, 2.75) is 44.9 Å². The van der Waals surface area contributed by atoms with Crippen molar-refractivity contribution in [3.05, 3.63) is 0 Å². The van der Waals surface area contributed by atoms with Crippen molar-refractivity contribution in [1.82, 2.24) is 15.1 Å². The van der Waals surface area contributed by atoms with E-state index in [0.717, 1.165) is 12.3 Å². The Morgan fingerprint density at radius 1 is 1.00 bits per heavy atom. The van der Waals surface area contributed by atoms with Gasteiger partial charge in [-0.25, -0.2) is 0 Å². The topological polar surface area (TPSA) is 61.9 Å². The lowest BCUT2D eigenvalue weighted by atomic mass is 9.86. The van der Waals surface area contributed by atoms with E-state index in [4.69, 9.17) is 4.74 Å². The Hall–Kier alpha value is -1.14. The summed E-state index contributed by atoms with van der Waals surface area (Å²) in [6.45, 7) is 4.29. The number of amides is 2. The fraction of sp³-hybridized carbons (Fsp3) is 0.889. The van der Waals surface area contributed by atoms with E-state index in [1.807, 2.05) is 9.80 Å². The first-order valence-electron chi connectivity index (χ1n) is 9.46. The highest BCUT2D eigenvalue weighted by atomic mass is 16.5. The quantitative estimate of drug-likeness (QED) is 0.676. The molecule has 1 saturated heterocycles. The Morgan fingerprint density at radius 3 is 2.25 bits per heavy atom. The number of rotatable bonds is 8. The fourth-order valence-electron chi connectivity index (χ4n) is 3.65. The first kappa shape index (κ1) is 19.2. The van der Waals surface area contributed by atoms with Gasteiger partial charge in [-0.3, -0.25) is 9.59 Å². The molecule has 0 bridgehead atoms. The van der Waals surface area contributed by atoms with Gasteiger partial charge in [0.05, 0.1) is 13.2 Å². The molecule has 1 aliphatic carbocycles. The molecule has 2 aliphatic rings. The number of ether oxygens (including phenoxy) is 1. The van der Waals surface area contributed by atoms with E-state index >= 15 is 0 Å². The van der Waals surface area contributed by atoms with E-state index in [1.165, 1.54) is 32.1 Å². The number of nitrogens with one attached hydrogen (secondary N) is 1. The third-order valence-corrected chi connectivity index (χ3v) is 5.24. The fourth-order valence-corrected chi connectivity index (χ4v) is 3.65. The first-order chi connectivity index (χ1) is 11.7. The highest BCUT2D eigenvalue weighted by Gasteiger charge is 2.24. The van der Waals surface area contributed by atoms with Gasteiger partial charge in [-0.1, -0.05) is 32.1 Å². The molecule has 1 saturated carbocycles. The summed E-state index contributed by atoms with van der Waals surface area (Å²) < 4.78 is 4.94. The Kier molecular flexibility index (Phi) is 8.53. The molecule has 1 N–H and O–H groups in total. The Morgan fingerprint density at radius 2 is 1.62 bits per heavy atom. The summed E-state index contributed by atoms with van der Waals surface area (Å²) in [5.41, 5.74) is 0. The lowest BCUT2D eigenvalue weighted by molar-refractivity contribution is -0.139. The maximum absolute atomic E-state index is 12.4. The second-order valence-corrected chi connectivity index (χ2v) is 6.97. The average Bonchev–Trinajstić information content (AvgIpc) is 2.64. The van der Waals surface area contributed by atoms with E-state index in [2.05, 4.69) is 5.32 Å². The molecule has 2 rings (SSSR count). The standard InChI is InChI=1S/C18H33N3O3/c1-24-14-9-19-15-18(23)21-12-10-20(11-13-21)17(22)8-7-16-5-3-2-4-6-16/h16,19H,2-15H2,1H3. The van der Waals surface area contributed by atoms with E-state index in [9.17, 15) is 9.59 Å². The van der Waals surface area contributed by atoms with Crippen LogP contribution in [0.2, 0.25) is 0 Å². The lowest BCUT2D eigenvalue weighted by Crippen LogP contribution is -2.52. The molecule has 0 aromatic rings. The van der Waals surface area contributed by atoms with E-state index in [0.29, 0.717) is 52.3 Å². The molecule has 0 aromatic carbocycles. The molecule has 0 atom stereocenters. The smallest absolute Gasteiger partial charge is 0.236 e. The Bertz CT molecular complexity index is 389. The molecular formula is C18H33N3O3. The van der Waals surface area contributed by atoms with Gasteiger partial charge in [-0.05, 0) is 12.3 Å². The van der Waals surface area contributed by atoms with Crippen molar-refractivity contribution in [3.8, 4) is 0 Å². The predicted octanol–water partition coefficient (Wildman–Crippen LogP) is 1.25. The van der Waals surface area contributed by atoms with Crippen LogP contribution in [0, 0.1) is 5.92 Å². The van der Waals surface area contributed by atoms with Gasteiger partial charge in [-0.2, -0.15) is 0 Å². The normalized spacial score (nSPS) is 19.5. The van der Waals surface area contributed by atoms with Gasteiger partial charge in [0, 0.05) is 46.3 Å². The molecule has 6 heteroatoms. The maximum atomic E-state index is 12.4. The zero-order valence-corrected chi connectivity index (χ0v) is 15.1. The summed E-state index contributed by atoms with van der Waals surface area (Å²) in [6, 6.07) is 0. The zero-order chi connectivity index (χ0) is 17.2. The van der Waals surface area contributed by atoms with Crippen molar-refractivity contribution < 1.29 is 14.3 Å². The lowest BCUT2D eigenvalue weighted by Gasteiger charge is -2.35. The summed E-state index contributed by atoms with van der Waals surface area (Å²) in [5.74, 6) is 1.13. The number of piperazine rings is 1. The molecule has 6 nitrogen and oxygen atoms in total. The van der Waals surface area contributed by atoms with Gasteiger partial charge in [0.2, 0.25) is 11.8 Å². The summed E-state index contributed by atoms with van der Waals surface area (Å²) in [6.07, 6.45) is 8.34. The van der Waals surface area contributed by atoms with Crippen molar-refractivity contribution in [3.63, 3.8) is 0 Å². The highest BCUT2D eigenvalue weighted by Crippen LogP contribution is 2.27. The van der Waals surface area contributed by atoms with Crippen molar-refractivity contribution in [2.75, 3.05) is 53.0 Å². The number of carbonyl (C=O) groups excluding carboxylic acids is 2. The Balaban J connectivity index is 1.60. The number of methoxy groups -OCH3 is 1. The van der Waals surface area contributed by atoms with Crippen LogP contribution in [0.4, 0.5) is 0 Å². The van der Waals surface area contributed by atoms with Crippen LogP contribution in [0.1, 0.15) is 44.9 Å². The van der Waals surface area contributed by atoms with Gasteiger partial charge in [-0.15, -0.1) is 0 Å². The van der Waals surface area contributed by atoms with Crippen LogP contribution >= 0.6 is 0 Å². The van der Waals surface area contributed by atoms with Gasteiger partial charge in [0.25, 0.3) is 0 Å². The molecule has 1 aliphatic heterocycles. The van der Waals surface area contributed by atoms with E-state index in [1.54, 1.807) is 7.11 Å². The second-order valence-electron chi connectivity index (χ2n) is 6.97. The second kappa shape index (κ2) is 10.7. The molecular weight excluding hydrogens is 306 g/mol. The van der Waals surface area contributed by atoms with Crippen LogP contribution in [0.15, 0.2) is 0 Å². The van der Waals surface area contributed by atoms with Crippen LogP contribution in [0.25, 0.3) is 0 Å². The minimum absolute atomic E-state index is 0.111. The molecule has 138 valence electrons. The SMILES string of the molecule is COCCNCC(=O)N1CCN(C(=O)CCC2CCCCC2)CC1. The number of carbonyl (C=O) groups is 2. The maximum Gasteiger partial charge on any atom is 0.236 e. The third kappa shape index (κ3) is 6.40. The average molecular weight is 339 g/mol. The van der Waals surface area contributed by atoms with Crippen molar-refractivity contribution >= 4 is 11.8 Å². The minimum atomic E-state index is 0.111. The monoisotopic (exact) mass is 339 g/mol. The van der Waals surface area contributed by atoms with Gasteiger partial charge >= 0.3 is 0 Å². The van der Waals surface area contributed by atoms with Crippen LogP contribution in [-0.2, 0) is 14.3 Å². The molecule has 24 heavy (non-hydrogen) atoms. The molecule has 2 amide bonds. The van der Waals surface area contributed by atoms with Crippen LogP contribution in [-0.4, -0.2) is 74.6 Å². The molecule has 2 fully saturated rings. The highest BCUT2D eigenvalue weighted by molar-refractivity contribution is 5.79. The van der Waals surface area contributed by atoms with Crippen LogP contribution < -0.4 is 5.32 Å². The number of nitrogens with zero attached hydrogens (tertiary/aromatic N) is 2. The van der Waals surface area contributed by atoms with Crippen molar-refractivity contribution in [1.29, 1.82) is 0 Å². The molecule has 0 radical (unpaired) electrons. The number of hydrogen-bond acceptors (Lipinski definition) is 4. The summed E-state index contributed by atoms with van der Waals surface area (Å²) in [5, 5.41) is 3.08. The Labute approximate surface area is 145 Å². The summed E-state index contributed by atoms with van der Waals surface area (Å²) in [7, 11) is 1.65. The summed E-state index contributed by atoms with van der Waals surface area (Å²) >= 11 is 0. The van der Waals surface area contributed by atoms with Crippen LogP contribution in [0.3, 0.4) is 0 Å².